The molecule has 19 heteroatoms. The first-order valence-corrected chi connectivity index (χ1v) is 18.7. The van der Waals surface area contributed by atoms with Crippen molar-refractivity contribution in [2.45, 2.75) is 49.6 Å². The van der Waals surface area contributed by atoms with Gasteiger partial charge in [-0.3, -0.25) is 10.2 Å². The predicted octanol–water partition coefficient (Wildman–Crippen LogP) is 5.89. The van der Waals surface area contributed by atoms with E-state index in [4.69, 9.17) is 43.9 Å². The van der Waals surface area contributed by atoms with Crippen molar-refractivity contribution in [1.29, 1.82) is 15.9 Å². The molecule has 2 aromatic carbocycles. The van der Waals surface area contributed by atoms with Crippen molar-refractivity contribution < 1.29 is 19.4 Å². The first-order chi connectivity index (χ1) is 25.3. The maximum absolute atomic E-state index is 13.4. The summed E-state index contributed by atoms with van der Waals surface area (Å²) in [5, 5.41) is 43.8. The molecule has 0 aliphatic carbocycles. The molecule has 55 heavy (non-hydrogen) atoms. The molecule has 14 nitrogen and oxygen atoms in total. The zero-order valence-electron chi connectivity index (χ0n) is 29.8. The number of nitrogens with one attached hydrogen (secondary N) is 2. The highest BCUT2D eigenvalue weighted by Gasteiger charge is 2.34. The summed E-state index contributed by atoms with van der Waals surface area (Å²) in [7, 11) is 0. The highest BCUT2D eigenvalue weighted by molar-refractivity contribution is 7.98. The number of carbonyl (C=O) groups excluding carboxylic acids is 1. The molecule has 292 valence electrons. The number of thioether (sulfide) groups is 1. The molecule has 2 heterocycles. The SMILES string of the molecule is CC(C)[C@@H](C(=O)O)N(CCOc1ccc(-c2c(C#N)c(N)nc(SCc3csc(-c4ccc(Cl)cc4)n3)c2C#N)cc1)C(=O)[C@@H](N)CCCNC(=N)N.Cl.Cl. The molecule has 2 aromatic heterocycles. The lowest BCUT2D eigenvalue weighted by Crippen LogP contribution is -2.54. The smallest absolute Gasteiger partial charge is 0.326 e. The van der Waals surface area contributed by atoms with Gasteiger partial charge in [0.1, 0.15) is 52.0 Å². The van der Waals surface area contributed by atoms with E-state index in [0.717, 1.165) is 16.3 Å². The second-order valence-electron chi connectivity index (χ2n) is 12.1. The number of anilines is 1. The van der Waals surface area contributed by atoms with Crippen LogP contribution >= 0.6 is 59.5 Å². The normalized spacial score (nSPS) is 11.5. The molecule has 0 bridgehead atoms. The number of aromatic nitrogens is 2. The molecule has 0 aliphatic heterocycles. The summed E-state index contributed by atoms with van der Waals surface area (Å²) in [6.45, 7) is 3.68. The first kappa shape index (κ1) is 46.3. The number of carbonyl (C=O) groups is 2. The lowest BCUT2D eigenvalue weighted by atomic mass is 9.97. The van der Waals surface area contributed by atoms with Gasteiger partial charge in [-0.25, -0.2) is 14.8 Å². The standard InChI is InChI=1S/C36H39ClN10O4S2.2ClH/c1-20(2)30(35(49)50)47(34(48)28(40)4-3-13-44-36(42)43)14-15-51-25-11-7-21(8-12-25)29-26(16-38)31(41)46-33(27(29)17-39)53-19-24-18-52-32(45-24)22-5-9-23(37)10-6-22;;/h5-12,18,20,28,30H,3-4,13-15,19,40H2,1-2H3,(H2,41,46)(H,49,50)(H4,42,43,44);2*1H/t28-,30-;;/m0../s1. The molecule has 0 aliphatic rings. The van der Waals surface area contributed by atoms with Crippen molar-refractivity contribution in [3.05, 3.63) is 75.8 Å². The van der Waals surface area contributed by atoms with Gasteiger partial charge in [0.15, 0.2) is 5.96 Å². The quantitative estimate of drug-likeness (QED) is 0.0314. The van der Waals surface area contributed by atoms with Gasteiger partial charge in [0.05, 0.1) is 23.8 Å². The van der Waals surface area contributed by atoms with Gasteiger partial charge in [-0.2, -0.15) is 10.5 Å². The minimum atomic E-state index is -1.16. The summed E-state index contributed by atoms with van der Waals surface area (Å²) in [5.74, 6) is -1.49. The van der Waals surface area contributed by atoms with Crippen LogP contribution in [0.1, 0.15) is 43.5 Å². The third-order valence-corrected chi connectivity index (χ3v) is 10.2. The second kappa shape index (κ2) is 21.9. The minimum Gasteiger partial charge on any atom is -0.492 e. The van der Waals surface area contributed by atoms with Crippen LogP contribution in [-0.4, -0.2) is 69.6 Å². The number of ether oxygens (including phenoxy) is 1. The number of nitriles is 2. The Morgan fingerprint density at radius 1 is 1.07 bits per heavy atom. The van der Waals surface area contributed by atoms with Gasteiger partial charge >= 0.3 is 5.97 Å². The van der Waals surface area contributed by atoms with Gasteiger partial charge < -0.3 is 37.3 Å². The molecule has 9 N–H and O–H groups in total. The largest absolute Gasteiger partial charge is 0.492 e. The van der Waals surface area contributed by atoms with E-state index in [9.17, 15) is 25.2 Å². The van der Waals surface area contributed by atoms with E-state index in [1.54, 1.807) is 50.2 Å². The Kier molecular flexibility index (Phi) is 18.5. The van der Waals surface area contributed by atoms with Crippen molar-refractivity contribution in [1.82, 2.24) is 20.2 Å². The van der Waals surface area contributed by atoms with Crippen molar-refractivity contribution >= 4 is 83.2 Å². The van der Waals surface area contributed by atoms with Gasteiger partial charge in [0.2, 0.25) is 5.91 Å². The van der Waals surface area contributed by atoms with E-state index >= 15 is 0 Å². The number of pyridine rings is 1. The Bertz CT molecular complexity index is 2020. The van der Waals surface area contributed by atoms with Crippen LogP contribution in [0.3, 0.4) is 0 Å². The van der Waals surface area contributed by atoms with E-state index in [1.807, 2.05) is 17.5 Å². The fraction of sp³-hybridized carbons (Fsp3) is 0.306. The second-order valence-corrected chi connectivity index (χ2v) is 14.4. The Hall–Kier alpha value is -4.81. The molecule has 0 unspecified atom stereocenters. The van der Waals surface area contributed by atoms with Crippen LogP contribution in [0.5, 0.6) is 5.75 Å². The third-order valence-electron chi connectivity index (χ3n) is 7.99. The number of nitrogen functional groups attached to an aromatic ring is 1. The molecule has 1 amide bonds. The minimum absolute atomic E-state index is 0. The van der Waals surface area contributed by atoms with Gasteiger partial charge in [-0.1, -0.05) is 61.5 Å². The van der Waals surface area contributed by atoms with Gasteiger partial charge in [-0.15, -0.1) is 36.2 Å². The average Bonchev–Trinajstić information content (AvgIpc) is 3.60. The van der Waals surface area contributed by atoms with Gasteiger partial charge in [0.25, 0.3) is 0 Å². The van der Waals surface area contributed by atoms with Crippen LogP contribution in [0, 0.1) is 34.0 Å². The number of nitrogens with two attached hydrogens (primary N) is 3. The highest BCUT2D eigenvalue weighted by Crippen LogP contribution is 2.37. The Labute approximate surface area is 344 Å². The van der Waals surface area contributed by atoms with E-state index in [1.165, 1.54) is 28.0 Å². The highest BCUT2D eigenvalue weighted by atomic mass is 35.5. The van der Waals surface area contributed by atoms with Gasteiger partial charge in [0, 0.05) is 33.8 Å². The van der Waals surface area contributed by atoms with Crippen LogP contribution in [0.15, 0.2) is 58.9 Å². The number of rotatable bonds is 17. The van der Waals surface area contributed by atoms with Crippen LogP contribution in [-0.2, 0) is 15.3 Å². The van der Waals surface area contributed by atoms with Crippen LogP contribution < -0.4 is 27.3 Å². The average molecular weight is 848 g/mol. The maximum Gasteiger partial charge on any atom is 0.326 e. The summed E-state index contributed by atoms with van der Waals surface area (Å²) in [4.78, 5) is 35.9. The molecule has 0 fully saturated rings. The number of thiazole rings is 1. The van der Waals surface area contributed by atoms with Crippen LogP contribution in [0.25, 0.3) is 21.7 Å². The lowest BCUT2D eigenvalue weighted by Gasteiger charge is -2.33. The van der Waals surface area contributed by atoms with Crippen LogP contribution in [0.2, 0.25) is 5.02 Å². The van der Waals surface area contributed by atoms with Crippen molar-refractivity contribution in [3.63, 3.8) is 0 Å². The molecule has 0 spiro atoms. The Morgan fingerprint density at radius 2 is 1.71 bits per heavy atom. The summed E-state index contributed by atoms with van der Waals surface area (Å²) < 4.78 is 5.92. The zero-order chi connectivity index (χ0) is 38.7. The number of amides is 1. The number of aliphatic carboxylic acids is 1. The lowest BCUT2D eigenvalue weighted by molar-refractivity contribution is -0.153. The summed E-state index contributed by atoms with van der Waals surface area (Å²) >= 11 is 8.79. The number of hydrogen-bond donors (Lipinski definition) is 6. The molecular weight excluding hydrogens is 807 g/mol. The topological polar surface area (TPSA) is 254 Å². The van der Waals surface area contributed by atoms with Crippen molar-refractivity contribution in [3.8, 4) is 39.6 Å². The number of carboxylic acid groups (broad SMARTS) is 1. The number of guanidine groups is 1. The summed E-state index contributed by atoms with van der Waals surface area (Å²) in [6, 6.07) is 16.2. The fourth-order valence-electron chi connectivity index (χ4n) is 5.46. The molecule has 2 atom stereocenters. The predicted molar refractivity (Wildman–Crippen MR) is 221 cm³/mol. The fourth-order valence-corrected chi connectivity index (χ4v) is 7.40. The molecule has 4 rings (SSSR count). The Balaban J connectivity index is 0.00000523. The maximum atomic E-state index is 13.4. The number of benzene rings is 2. The molecule has 4 aromatic rings. The first-order valence-electron chi connectivity index (χ1n) is 16.4. The third kappa shape index (κ3) is 12.3. The van der Waals surface area contributed by atoms with E-state index < -0.39 is 29.9 Å². The molecular formula is C36H41Cl3N10O4S2. The monoisotopic (exact) mass is 846 g/mol. The number of carboxylic acids is 1. The van der Waals surface area contributed by atoms with E-state index in [0.29, 0.717) is 45.6 Å². The molecule has 0 saturated heterocycles. The van der Waals surface area contributed by atoms with Gasteiger partial charge in [-0.05, 0) is 48.6 Å². The zero-order valence-corrected chi connectivity index (χ0v) is 33.8. The Morgan fingerprint density at radius 3 is 2.29 bits per heavy atom. The van der Waals surface area contributed by atoms with Crippen molar-refractivity contribution in [2.24, 2.45) is 17.4 Å². The molecule has 0 radical (unpaired) electrons. The van der Waals surface area contributed by atoms with Crippen LogP contribution in [0.4, 0.5) is 5.82 Å². The molecule has 0 saturated carbocycles. The van der Waals surface area contributed by atoms with E-state index in [2.05, 4.69) is 22.4 Å². The number of nitrogens with zero attached hydrogens (tertiary/aromatic N) is 5. The van der Waals surface area contributed by atoms with Crippen molar-refractivity contribution in [2.75, 3.05) is 25.4 Å². The number of hydrogen-bond acceptors (Lipinski definition) is 12. The number of halogens is 3. The summed E-state index contributed by atoms with van der Waals surface area (Å²) in [6.07, 6.45) is 0.707. The summed E-state index contributed by atoms with van der Waals surface area (Å²) in [5.41, 5.74) is 20.5. The van der Waals surface area contributed by atoms with E-state index in [-0.39, 0.29) is 67.3 Å².